The van der Waals surface area contributed by atoms with Gasteiger partial charge in [-0.15, -0.1) is 0 Å². The molecule has 0 spiro atoms. The van der Waals surface area contributed by atoms with Crippen molar-refractivity contribution in [2.45, 2.75) is 12.6 Å². The number of anilines is 2. The van der Waals surface area contributed by atoms with Gasteiger partial charge in [-0.05, 0) is 49.4 Å². The highest BCUT2D eigenvalue weighted by Gasteiger charge is 2.49. The molecule has 4 aromatic carbocycles. The highest BCUT2D eigenvalue weighted by molar-refractivity contribution is 6.27. The van der Waals surface area contributed by atoms with Crippen LogP contribution in [-0.2, 0) is 5.66 Å². The predicted octanol–water partition coefficient (Wildman–Crippen LogP) is 4.85. The molecule has 2 aromatic heterocycles. The molecule has 2 aliphatic heterocycles. The van der Waals surface area contributed by atoms with Crippen LogP contribution in [0.3, 0.4) is 0 Å². The number of nitrogens with one attached hydrogen (secondary N) is 1. The molecule has 4 heterocycles. The van der Waals surface area contributed by atoms with Crippen LogP contribution >= 0.6 is 0 Å². The van der Waals surface area contributed by atoms with E-state index in [4.69, 9.17) is 4.98 Å². The number of carbonyl (C=O) groups excluding carboxylic acids is 1. The summed E-state index contributed by atoms with van der Waals surface area (Å²) in [6.07, 6.45) is 0. The fourth-order valence-corrected chi connectivity index (χ4v) is 5.93. The second-order valence-corrected chi connectivity index (χ2v) is 8.99. The number of para-hydroxylation sites is 4. The van der Waals surface area contributed by atoms with Gasteiger partial charge in [0.25, 0.3) is 11.5 Å². The lowest BCUT2D eigenvalue weighted by atomic mass is 9.84. The highest BCUT2D eigenvalue weighted by atomic mass is 16.2. The number of fused-ring (bicyclic) bond motifs is 8. The number of carbonyl (C=O) groups is 1. The standard InChI is InChI=1S/C27H16N4O2/c1-27-17-13-12-15-22-14(24-28-18-6-2-4-8-20(18)30(24)25(15)32)10-11-16(23(17)22)26(33)31(27)21-9-5-3-7-19(21)29-27/h2-13,29H,1H3. The molecule has 156 valence electrons. The van der Waals surface area contributed by atoms with Crippen LogP contribution in [0, 0.1) is 0 Å². The Balaban J connectivity index is 1.58. The third-order valence-electron chi connectivity index (χ3n) is 7.32. The number of hydrogen-bond donors (Lipinski definition) is 1. The van der Waals surface area contributed by atoms with E-state index in [2.05, 4.69) is 5.32 Å². The summed E-state index contributed by atoms with van der Waals surface area (Å²) in [6.45, 7) is 2.03. The Morgan fingerprint density at radius 3 is 2.55 bits per heavy atom. The highest BCUT2D eigenvalue weighted by Crippen LogP contribution is 2.51. The second-order valence-electron chi connectivity index (χ2n) is 8.99. The number of hydrogen-bond acceptors (Lipinski definition) is 4. The van der Waals surface area contributed by atoms with E-state index in [-0.39, 0.29) is 11.5 Å². The lowest BCUT2D eigenvalue weighted by Gasteiger charge is -2.40. The summed E-state index contributed by atoms with van der Waals surface area (Å²) in [5.74, 6) is -0.0716. The fourth-order valence-electron chi connectivity index (χ4n) is 5.93. The number of rotatable bonds is 0. The summed E-state index contributed by atoms with van der Waals surface area (Å²) in [4.78, 5) is 34.1. The molecule has 0 fully saturated rings. The lowest BCUT2D eigenvalue weighted by Crippen LogP contribution is -2.51. The van der Waals surface area contributed by atoms with Crippen LogP contribution in [0.5, 0.6) is 0 Å². The largest absolute Gasteiger partial charge is 0.357 e. The lowest BCUT2D eigenvalue weighted by molar-refractivity contribution is 0.0964. The van der Waals surface area contributed by atoms with E-state index in [0.717, 1.165) is 44.1 Å². The van der Waals surface area contributed by atoms with Crippen molar-refractivity contribution in [3.05, 3.63) is 94.3 Å². The van der Waals surface area contributed by atoms with Crippen LogP contribution in [0.15, 0.2) is 77.6 Å². The average Bonchev–Trinajstić information content (AvgIpc) is 3.37. The molecule has 6 heteroatoms. The third-order valence-corrected chi connectivity index (χ3v) is 7.32. The van der Waals surface area contributed by atoms with Gasteiger partial charge < -0.3 is 5.32 Å². The average molecular weight is 428 g/mol. The number of pyridine rings is 1. The minimum absolute atomic E-state index is 0.0716. The molecule has 33 heavy (non-hydrogen) atoms. The molecule has 0 bridgehead atoms. The van der Waals surface area contributed by atoms with Gasteiger partial charge in [0.05, 0.1) is 22.4 Å². The van der Waals surface area contributed by atoms with Gasteiger partial charge in [0.1, 0.15) is 11.3 Å². The molecule has 0 saturated heterocycles. The van der Waals surface area contributed by atoms with Crippen LogP contribution in [0.25, 0.3) is 38.2 Å². The molecule has 1 unspecified atom stereocenters. The zero-order chi connectivity index (χ0) is 22.1. The third kappa shape index (κ3) is 1.78. The maximum Gasteiger partial charge on any atom is 0.264 e. The van der Waals surface area contributed by atoms with E-state index < -0.39 is 5.66 Å². The summed E-state index contributed by atoms with van der Waals surface area (Å²) in [6, 6.07) is 23.2. The Kier molecular flexibility index (Phi) is 2.75. The van der Waals surface area contributed by atoms with E-state index in [0.29, 0.717) is 16.6 Å². The van der Waals surface area contributed by atoms with Gasteiger partial charge in [0, 0.05) is 32.7 Å². The van der Waals surface area contributed by atoms with E-state index in [9.17, 15) is 9.59 Å². The molecule has 1 atom stereocenters. The quantitative estimate of drug-likeness (QED) is 0.376. The molecule has 6 nitrogen and oxygen atoms in total. The molecule has 0 radical (unpaired) electrons. The first kappa shape index (κ1) is 17.1. The summed E-state index contributed by atoms with van der Waals surface area (Å²) in [5.41, 5.74) is 4.71. The Morgan fingerprint density at radius 1 is 0.848 bits per heavy atom. The minimum atomic E-state index is -0.744. The van der Waals surface area contributed by atoms with Crippen LogP contribution in [0.4, 0.5) is 11.4 Å². The van der Waals surface area contributed by atoms with Gasteiger partial charge in [0.15, 0.2) is 0 Å². The van der Waals surface area contributed by atoms with Gasteiger partial charge in [-0.25, -0.2) is 4.98 Å². The molecule has 1 N–H and O–H groups in total. The number of nitrogens with zero attached hydrogens (tertiary/aromatic N) is 3. The summed E-state index contributed by atoms with van der Waals surface area (Å²) in [7, 11) is 0. The maximum absolute atomic E-state index is 13.8. The van der Waals surface area contributed by atoms with Gasteiger partial charge in [-0.3, -0.25) is 18.9 Å². The van der Waals surface area contributed by atoms with Gasteiger partial charge in [0.2, 0.25) is 0 Å². The van der Waals surface area contributed by atoms with Crippen molar-refractivity contribution in [3.63, 3.8) is 0 Å². The first-order valence-electron chi connectivity index (χ1n) is 10.9. The van der Waals surface area contributed by atoms with Crippen molar-refractivity contribution in [2.75, 3.05) is 10.2 Å². The summed E-state index contributed by atoms with van der Waals surface area (Å²) in [5, 5.41) is 6.69. The molecule has 0 saturated carbocycles. The number of benzene rings is 4. The Morgan fingerprint density at radius 2 is 1.64 bits per heavy atom. The van der Waals surface area contributed by atoms with Crippen molar-refractivity contribution in [2.24, 2.45) is 0 Å². The molecule has 2 aliphatic rings. The van der Waals surface area contributed by atoms with Crippen LogP contribution < -0.4 is 15.8 Å². The number of aromatic nitrogens is 2. The first-order valence-corrected chi connectivity index (χ1v) is 10.9. The monoisotopic (exact) mass is 428 g/mol. The van der Waals surface area contributed by atoms with Crippen LogP contribution in [0.1, 0.15) is 22.8 Å². The van der Waals surface area contributed by atoms with Crippen molar-refractivity contribution in [1.82, 2.24) is 9.38 Å². The Labute approximate surface area is 187 Å². The second kappa shape index (κ2) is 5.30. The summed E-state index contributed by atoms with van der Waals surface area (Å²) >= 11 is 0. The molecule has 8 rings (SSSR count). The zero-order valence-electron chi connectivity index (χ0n) is 17.6. The first-order chi connectivity index (χ1) is 16.1. The molecule has 1 amide bonds. The van der Waals surface area contributed by atoms with Gasteiger partial charge >= 0.3 is 0 Å². The Bertz CT molecular complexity index is 1920. The Hall–Kier alpha value is -4.45. The topological polar surface area (TPSA) is 66.7 Å². The molecule has 0 aliphatic carbocycles. The van der Waals surface area contributed by atoms with E-state index >= 15 is 0 Å². The van der Waals surface area contributed by atoms with Gasteiger partial charge in [-0.2, -0.15) is 0 Å². The minimum Gasteiger partial charge on any atom is -0.357 e. The summed E-state index contributed by atoms with van der Waals surface area (Å²) < 4.78 is 1.69. The van der Waals surface area contributed by atoms with Crippen molar-refractivity contribution < 1.29 is 4.79 Å². The zero-order valence-corrected chi connectivity index (χ0v) is 17.6. The van der Waals surface area contributed by atoms with E-state index in [1.807, 2.05) is 84.6 Å². The van der Waals surface area contributed by atoms with E-state index in [1.54, 1.807) is 4.40 Å². The van der Waals surface area contributed by atoms with Crippen molar-refractivity contribution in [1.29, 1.82) is 0 Å². The molecular weight excluding hydrogens is 412 g/mol. The van der Waals surface area contributed by atoms with E-state index in [1.165, 1.54) is 0 Å². The molecular formula is C27H16N4O2. The normalized spacial score (nSPS) is 18.9. The number of amides is 1. The molecule has 6 aromatic rings. The number of imidazole rings is 1. The smallest absolute Gasteiger partial charge is 0.264 e. The van der Waals surface area contributed by atoms with Crippen LogP contribution in [-0.4, -0.2) is 15.3 Å². The SMILES string of the molecule is CC12Nc3ccccc3N1C(=O)c1ccc3c4c1c2ccc4c(=O)n1c2ccccc2nc31. The van der Waals surface area contributed by atoms with Crippen molar-refractivity contribution in [3.8, 4) is 0 Å². The maximum atomic E-state index is 13.8. The van der Waals surface area contributed by atoms with Gasteiger partial charge in [-0.1, -0.05) is 30.3 Å². The van der Waals surface area contributed by atoms with Crippen LogP contribution in [0.2, 0.25) is 0 Å². The van der Waals surface area contributed by atoms with Crippen molar-refractivity contribution >= 4 is 55.5 Å². The predicted molar refractivity (Wildman–Crippen MR) is 129 cm³/mol. The fraction of sp³-hybridized carbons (Fsp3) is 0.0741.